The van der Waals surface area contributed by atoms with Crippen LogP contribution in [-0.2, 0) is 4.79 Å². The molecule has 2 amide bonds. The van der Waals surface area contributed by atoms with Crippen LogP contribution < -0.4 is 10.1 Å². The molecule has 1 atom stereocenters. The second-order valence-electron chi connectivity index (χ2n) is 5.16. The number of piperazine rings is 1. The van der Waals surface area contributed by atoms with Crippen molar-refractivity contribution < 1.29 is 14.3 Å². The zero-order chi connectivity index (χ0) is 14.7. The average molecular weight is 276 g/mol. The lowest BCUT2D eigenvalue weighted by Gasteiger charge is -2.32. The van der Waals surface area contributed by atoms with Crippen molar-refractivity contribution in [1.29, 1.82) is 0 Å². The van der Waals surface area contributed by atoms with Gasteiger partial charge in [-0.15, -0.1) is 0 Å². The van der Waals surface area contributed by atoms with E-state index in [4.69, 9.17) is 4.74 Å². The van der Waals surface area contributed by atoms with Gasteiger partial charge in [0.2, 0.25) is 5.91 Å². The van der Waals surface area contributed by atoms with Gasteiger partial charge in [0.1, 0.15) is 11.8 Å². The van der Waals surface area contributed by atoms with Crippen LogP contribution in [0.2, 0.25) is 0 Å². The lowest BCUT2D eigenvalue weighted by molar-refractivity contribution is -0.127. The molecule has 0 spiro atoms. The van der Waals surface area contributed by atoms with E-state index in [0.29, 0.717) is 18.7 Å². The number of nitrogens with zero attached hydrogens (tertiary/aromatic N) is 1. The molecule has 1 heterocycles. The van der Waals surface area contributed by atoms with Crippen LogP contribution in [0.4, 0.5) is 0 Å². The Balaban J connectivity index is 2.10. The third-order valence-electron chi connectivity index (χ3n) is 3.23. The molecule has 0 aromatic heterocycles. The molecule has 1 N–H and O–H groups in total. The van der Waals surface area contributed by atoms with Gasteiger partial charge < -0.3 is 15.0 Å². The van der Waals surface area contributed by atoms with Gasteiger partial charge in [0.05, 0.1) is 6.10 Å². The van der Waals surface area contributed by atoms with Crippen LogP contribution >= 0.6 is 0 Å². The van der Waals surface area contributed by atoms with Crippen LogP contribution in [0, 0.1) is 0 Å². The SMILES string of the molecule is CC(C)Oc1ccc(C(=O)N2CCNC(=O)C2C)cc1. The number of carbonyl (C=O) groups excluding carboxylic acids is 2. The molecule has 1 saturated heterocycles. The maximum Gasteiger partial charge on any atom is 0.254 e. The Morgan fingerprint density at radius 1 is 1.35 bits per heavy atom. The normalized spacial score (nSPS) is 18.9. The monoisotopic (exact) mass is 276 g/mol. The minimum absolute atomic E-state index is 0.0994. The highest BCUT2D eigenvalue weighted by atomic mass is 16.5. The number of carbonyl (C=O) groups is 2. The summed E-state index contributed by atoms with van der Waals surface area (Å²) in [6.07, 6.45) is 0.0994. The van der Waals surface area contributed by atoms with E-state index in [1.54, 1.807) is 36.1 Å². The third-order valence-corrected chi connectivity index (χ3v) is 3.23. The summed E-state index contributed by atoms with van der Waals surface area (Å²) in [6, 6.07) is 6.60. The lowest BCUT2D eigenvalue weighted by atomic mass is 10.1. The Kier molecular flexibility index (Phi) is 4.27. The van der Waals surface area contributed by atoms with Crippen LogP contribution in [0.15, 0.2) is 24.3 Å². The molecule has 0 saturated carbocycles. The largest absolute Gasteiger partial charge is 0.491 e. The number of rotatable bonds is 3. The molecule has 108 valence electrons. The average Bonchev–Trinajstić information content (AvgIpc) is 2.41. The molecule has 2 rings (SSSR count). The molecule has 1 aliphatic heterocycles. The summed E-state index contributed by atoms with van der Waals surface area (Å²) in [5, 5.41) is 2.75. The molecule has 1 unspecified atom stereocenters. The fraction of sp³-hybridized carbons (Fsp3) is 0.467. The van der Waals surface area contributed by atoms with E-state index in [1.165, 1.54) is 0 Å². The quantitative estimate of drug-likeness (QED) is 0.908. The van der Waals surface area contributed by atoms with Crippen molar-refractivity contribution >= 4 is 11.8 Å². The Bertz CT molecular complexity index is 496. The maximum atomic E-state index is 12.4. The van der Waals surface area contributed by atoms with Crippen molar-refractivity contribution in [3.05, 3.63) is 29.8 Å². The predicted molar refractivity (Wildman–Crippen MR) is 75.7 cm³/mol. The number of benzene rings is 1. The lowest BCUT2D eigenvalue weighted by Crippen LogP contribution is -2.55. The number of hydrogen-bond donors (Lipinski definition) is 1. The fourth-order valence-corrected chi connectivity index (χ4v) is 2.17. The summed E-state index contributed by atoms with van der Waals surface area (Å²) in [5.41, 5.74) is 0.572. The zero-order valence-corrected chi connectivity index (χ0v) is 12.1. The van der Waals surface area contributed by atoms with E-state index < -0.39 is 6.04 Å². The van der Waals surface area contributed by atoms with Gasteiger partial charge in [-0.3, -0.25) is 9.59 Å². The van der Waals surface area contributed by atoms with Gasteiger partial charge in [-0.25, -0.2) is 0 Å². The Hall–Kier alpha value is -2.04. The van der Waals surface area contributed by atoms with Gasteiger partial charge in [-0.05, 0) is 45.0 Å². The first-order valence-electron chi connectivity index (χ1n) is 6.84. The number of ether oxygens (including phenoxy) is 1. The first kappa shape index (κ1) is 14.4. The first-order chi connectivity index (χ1) is 9.49. The van der Waals surface area contributed by atoms with Crippen LogP contribution in [0.25, 0.3) is 0 Å². The topological polar surface area (TPSA) is 58.6 Å². The summed E-state index contributed by atoms with van der Waals surface area (Å²) >= 11 is 0. The van der Waals surface area contributed by atoms with Crippen molar-refractivity contribution in [3.8, 4) is 5.75 Å². The molecule has 1 aromatic rings. The first-order valence-corrected chi connectivity index (χ1v) is 6.84. The highest BCUT2D eigenvalue weighted by molar-refractivity contribution is 5.98. The van der Waals surface area contributed by atoms with Gasteiger partial charge in [-0.1, -0.05) is 0 Å². The third kappa shape index (κ3) is 3.10. The minimum atomic E-state index is -0.428. The number of nitrogens with one attached hydrogen (secondary N) is 1. The molecule has 5 nitrogen and oxygen atoms in total. The molecule has 1 aromatic carbocycles. The van der Waals surface area contributed by atoms with Crippen molar-refractivity contribution in [3.63, 3.8) is 0 Å². The van der Waals surface area contributed by atoms with Crippen molar-refractivity contribution in [2.75, 3.05) is 13.1 Å². The molecule has 1 aliphatic rings. The molecular weight excluding hydrogens is 256 g/mol. The Morgan fingerprint density at radius 2 is 2.00 bits per heavy atom. The summed E-state index contributed by atoms with van der Waals surface area (Å²) < 4.78 is 5.54. The Morgan fingerprint density at radius 3 is 2.60 bits per heavy atom. The maximum absolute atomic E-state index is 12.4. The highest BCUT2D eigenvalue weighted by Gasteiger charge is 2.29. The van der Waals surface area contributed by atoms with Crippen LogP contribution in [0.5, 0.6) is 5.75 Å². The van der Waals surface area contributed by atoms with Crippen molar-refractivity contribution in [2.24, 2.45) is 0 Å². The summed E-state index contributed by atoms with van der Waals surface area (Å²) in [4.78, 5) is 25.6. The highest BCUT2D eigenvalue weighted by Crippen LogP contribution is 2.16. The smallest absolute Gasteiger partial charge is 0.254 e. The van der Waals surface area contributed by atoms with Crippen LogP contribution in [0.3, 0.4) is 0 Å². The van der Waals surface area contributed by atoms with E-state index >= 15 is 0 Å². The van der Waals surface area contributed by atoms with E-state index in [-0.39, 0.29) is 17.9 Å². The van der Waals surface area contributed by atoms with E-state index in [0.717, 1.165) is 5.75 Å². The molecule has 1 fully saturated rings. The molecular formula is C15H20N2O3. The number of hydrogen-bond acceptors (Lipinski definition) is 3. The molecule has 0 radical (unpaired) electrons. The molecule has 0 bridgehead atoms. The van der Waals surface area contributed by atoms with Crippen molar-refractivity contribution in [2.45, 2.75) is 32.9 Å². The fourth-order valence-electron chi connectivity index (χ4n) is 2.17. The van der Waals surface area contributed by atoms with Gasteiger partial charge >= 0.3 is 0 Å². The van der Waals surface area contributed by atoms with Gasteiger partial charge in [0, 0.05) is 18.7 Å². The zero-order valence-electron chi connectivity index (χ0n) is 12.1. The van der Waals surface area contributed by atoms with E-state index in [2.05, 4.69) is 5.32 Å². The van der Waals surface area contributed by atoms with E-state index in [1.807, 2.05) is 13.8 Å². The second-order valence-corrected chi connectivity index (χ2v) is 5.16. The Labute approximate surface area is 118 Å². The van der Waals surface area contributed by atoms with Crippen LogP contribution in [0.1, 0.15) is 31.1 Å². The van der Waals surface area contributed by atoms with Crippen LogP contribution in [-0.4, -0.2) is 41.9 Å². The molecule has 0 aliphatic carbocycles. The number of amides is 2. The van der Waals surface area contributed by atoms with Gasteiger partial charge in [-0.2, -0.15) is 0 Å². The molecule has 20 heavy (non-hydrogen) atoms. The summed E-state index contributed by atoms with van der Waals surface area (Å²) in [7, 11) is 0. The standard InChI is InChI=1S/C15H20N2O3/c1-10(2)20-13-6-4-12(5-7-13)15(19)17-9-8-16-14(18)11(17)3/h4-7,10-11H,8-9H2,1-3H3,(H,16,18). The van der Waals surface area contributed by atoms with Gasteiger partial charge in [0.25, 0.3) is 5.91 Å². The van der Waals surface area contributed by atoms with Gasteiger partial charge in [0.15, 0.2) is 0 Å². The van der Waals surface area contributed by atoms with Crippen molar-refractivity contribution in [1.82, 2.24) is 10.2 Å². The second kappa shape index (κ2) is 5.94. The minimum Gasteiger partial charge on any atom is -0.491 e. The predicted octanol–water partition coefficient (Wildman–Crippen LogP) is 1.43. The summed E-state index contributed by atoms with van der Waals surface area (Å²) in [5.74, 6) is 0.508. The summed E-state index contributed by atoms with van der Waals surface area (Å²) in [6.45, 7) is 6.68. The molecule has 5 heteroatoms. The van der Waals surface area contributed by atoms with E-state index in [9.17, 15) is 9.59 Å².